The fourth-order valence-electron chi connectivity index (χ4n) is 1.94. The molecule has 8 heteroatoms. The van der Waals surface area contributed by atoms with Crippen LogP contribution in [0.4, 0.5) is 8.78 Å². The summed E-state index contributed by atoms with van der Waals surface area (Å²) >= 11 is 0. The molecule has 0 aliphatic carbocycles. The molecule has 24 heavy (non-hydrogen) atoms. The number of rotatable bonds is 6. The highest BCUT2D eigenvalue weighted by Crippen LogP contribution is 2.21. The molecule has 0 amide bonds. The van der Waals surface area contributed by atoms with Gasteiger partial charge in [0, 0.05) is 7.05 Å². The van der Waals surface area contributed by atoms with E-state index in [4.69, 9.17) is 4.74 Å². The zero-order valence-electron chi connectivity index (χ0n) is 12.8. The van der Waals surface area contributed by atoms with Crippen LogP contribution in [0.25, 0.3) is 0 Å². The fourth-order valence-corrected chi connectivity index (χ4v) is 3.15. The minimum absolute atomic E-state index is 0.0262. The number of hydrogen-bond donors (Lipinski definition) is 0. The molecule has 0 fully saturated rings. The van der Waals surface area contributed by atoms with Gasteiger partial charge in [0.05, 0.1) is 0 Å². The maximum atomic E-state index is 13.7. The summed E-state index contributed by atoms with van der Waals surface area (Å²) in [6.07, 6.45) is 0. The average Bonchev–Trinajstić information content (AvgIpc) is 2.53. The number of esters is 1. The summed E-state index contributed by atoms with van der Waals surface area (Å²) in [5, 5.41) is 0. The standard InChI is InChI=1S/C16H15F2NO4S/c1-19(10-15(20)23-11-12-6-3-2-4-7-12)24(21,22)16-13(17)8-5-9-14(16)18/h2-9H,10-11H2,1H3. The topological polar surface area (TPSA) is 63.7 Å². The van der Waals surface area contributed by atoms with E-state index in [1.54, 1.807) is 30.3 Å². The summed E-state index contributed by atoms with van der Waals surface area (Å²) < 4.78 is 57.2. The summed E-state index contributed by atoms with van der Waals surface area (Å²) in [6, 6.07) is 11.5. The predicted molar refractivity (Wildman–Crippen MR) is 82.4 cm³/mol. The first kappa shape index (κ1) is 18.0. The number of halogens is 2. The first-order valence-electron chi connectivity index (χ1n) is 6.92. The molecule has 0 heterocycles. The number of hydrogen-bond acceptors (Lipinski definition) is 4. The Bertz CT molecular complexity index is 805. The highest BCUT2D eigenvalue weighted by molar-refractivity contribution is 7.89. The smallest absolute Gasteiger partial charge is 0.321 e. The number of nitrogens with zero attached hydrogens (tertiary/aromatic N) is 1. The summed E-state index contributed by atoms with van der Waals surface area (Å²) in [7, 11) is -3.45. The summed E-state index contributed by atoms with van der Waals surface area (Å²) in [6.45, 7) is -0.690. The summed E-state index contributed by atoms with van der Waals surface area (Å²) in [4.78, 5) is 10.7. The molecule has 0 saturated heterocycles. The second kappa shape index (κ2) is 7.50. The Morgan fingerprint density at radius 2 is 1.62 bits per heavy atom. The van der Waals surface area contributed by atoms with Crippen LogP contribution in [-0.4, -0.2) is 32.3 Å². The van der Waals surface area contributed by atoms with Crippen molar-refractivity contribution in [3.8, 4) is 0 Å². The van der Waals surface area contributed by atoms with Crippen molar-refractivity contribution >= 4 is 16.0 Å². The Labute approximate surface area is 138 Å². The molecule has 0 spiro atoms. The Morgan fingerprint density at radius 1 is 1.04 bits per heavy atom. The first-order valence-corrected chi connectivity index (χ1v) is 8.36. The molecule has 0 radical (unpaired) electrons. The van der Waals surface area contributed by atoms with Gasteiger partial charge in [0.15, 0.2) is 4.90 Å². The van der Waals surface area contributed by atoms with E-state index in [1.165, 1.54) is 0 Å². The molecule has 128 valence electrons. The highest BCUT2D eigenvalue weighted by Gasteiger charge is 2.29. The molecule has 2 aromatic carbocycles. The summed E-state index contributed by atoms with van der Waals surface area (Å²) in [5.41, 5.74) is 0.733. The first-order chi connectivity index (χ1) is 11.3. The third kappa shape index (κ3) is 4.15. The van der Waals surface area contributed by atoms with Gasteiger partial charge in [-0.05, 0) is 17.7 Å². The lowest BCUT2D eigenvalue weighted by molar-refractivity contribution is -0.144. The minimum atomic E-state index is -4.50. The zero-order chi connectivity index (χ0) is 17.7. The van der Waals surface area contributed by atoms with E-state index in [1.807, 2.05) is 0 Å². The van der Waals surface area contributed by atoms with Crippen molar-refractivity contribution in [1.29, 1.82) is 0 Å². The van der Waals surface area contributed by atoms with Crippen molar-refractivity contribution in [2.75, 3.05) is 13.6 Å². The van der Waals surface area contributed by atoms with Gasteiger partial charge in [-0.3, -0.25) is 4.79 Å². The minimum Gasteiger partial charge on any atom is -0.460 e. The number of sulfonamides is 1. The Morgan fingerprint density at radius 3 is 2.21 bits per heavy atom. The van der Waals surface area contributed by atoms with Crippen LogP contribution in [0.5, 0.6) is 0 Å². The molecular formula is C16H15F2NO4S. The van der Waals surface area contributed by atoms with E-state index in [9.17, 15) is 22.0 Å². The molecule has 0 unspecified atom stereocenters. The maximum absolute atomic E-state index is 13.7. The number of carbonyl (C=O) groups is 1. The largest absolute Gasteiger partial charge is 0.460 e. The van der Waals surface area contributed by atoms with Crippen LogP contribution < -0.4 is 0 Å². The Kier molecular flexibility index (Phi) is 5.63. The second-order valence-electron chi connectivity index (χ2n) is 4.96. The molecule has 0 bridgehead atoms. The van der Waals surface area contributed by atoms with Crippen molar-refractivity contribution in [2.24, 2.45) is 0 Å². The quantitative estimate of drug-likeness (QED) is 0.746. The summed E-state index contributed by atoms with van der Waals surface area (Å²) in [5.74, 6) is -3.28. The maximum Gasteiger partial charge on any atom is 0.321 e. The lowest BCUT2D eigenvalue weighted by atomic mass is 10.2. The molecule has 0 atom stereocenters. The molecule has 0 aliphatic rings. The van der Waals surface area contributed by atoms with Crippen molar-refractivity contribution in [2.45, 2.75) is 11.5 Å². The zero-order valence-corrected chi connectivity index (χ0v) is 13.6. The third-order valence-corrected chi connectivity index (χ3v) is 5.04. The molecule has 5 nitrogen and oxygen atoms in total. The Hall–Kier alpha value is -2.32. The van der Waals surface area contributed by atoms with Gasteiger partial charge in [0.25, 0.3) is 0 Å². The molecule has 2 aromatic rings. The Balaban J connectivity index is 2.05. The molecule has 0 aromatic heterocycles. The van der Waals surface area contributed by atoms with Crippen molar-refractivity contribution < 1.29 is 26.7 Å². The van der Waals surface area contributed by atoms with Gasteiger partial charge in [0.2, 0.25) is 10.0 Å². The third-order valence-electron chi connectivity index (χ3n) is 3.18. The van der Waals surface area contributed by atoms with Crippen molar-refractivity contribution in [1.82, 2.24) is 4.31 Å². The van der Waals surface area contributed by atoms with Gasteiger partial charge >= 0.3 is 5.97 Å². The number of likely N-dealkylation sites (N-methyl/N-ethyl adjacent to an activating group) is 1. The van der Waals surface area contributed by atoms with Crippen molar-refractivity contribution in [3.63, 3.8) is 0 Å². The van der Waals surface area contributed by atoms with Gasteiger partial charge in [-0.1, -0.05) is 36.4 Å². The molecule has 0 N–H and O–H groups in total. The van der Waals surface area contributed by atoms with E-state index in [-0.39, 0.29) is 6.61 Å². The molecule has 0 aliphatic heterocycles. The van der Waals surface area contributed by atoms with Gasteiger partial charge in [-0.2, -0.15) is 4.31 Å². The molecule has 2 rings (SSSR count). The van der Waals surface area contributed by atoms with Crippen LogP contribution in [-0.2, 0) is 26.2 Å². The predicted octanol–water partition coefficient (Wildman–Crippen LogP) is 2.33. The van der Waals surface area contributed by atoms with Crippen LogP contribution in [0.1, 0.15) is 5.56 Å². The SMILES string of the molecule is CN(CC(=O)OCc1ccccc1)S(=O)(=O)c1c(F)cccc1F. The molecular weight excluding hydrogens is 340 g/mol. The monoisotopic (exact) mass is 355 g/mol. The van der Waals surface area contributed by atoms with Crippen LogP contribution in [0, 0.1) is 11.6 Å². The molecule has 0 saturated carbocycles. The lowest BCUT2D eigenvalue weighted by Gasteiger charge is -2.17. The van der Waals surface area contributed by atoms with Crippen molar-refractivity contribution in [3.05, 3.63) is 65.7 Å². The van der Waals surface area contributed by atoms with Gasteiger partial charge in [-0.15, -0.1) is 0 Å². The van der Waals surface area contributed by atoms with Gasteiger partial charge in [-0.25, -0.2) is 17.2 Å². The normalized spacial score (nSPS) is 11.5. The van der Waals surface area contributed by atoms with E-state index >= 15 is 0 Å². The van der Waals surface area contributed by atoms with Gasteiger partial charge < -0.3 is 4.74 Å². The van der Waals surface area contributed by atoms with E-state index in [0.29, 0.717) is 4.31 Å². The number of carbonyl (C=O) groups excluding carboxylic acids is 1. The second-order valence-corrected chi connectivity index (χ2v) is 6.94. The van der Waals surface area contributed by atoms with Crippen LogP contribution >= 0.6 is 0 Å². The number of benzene rings is 2. The number of ether oxygens (including phenoxy) is 1. The van der Waals surface area contributed by atoms with Gasteiger partial charge in [0.1, 0.15) is 24.8 Å². The van der Waals surface area contributed by atoms with E-state index < -0.39 is 39.1 Å². The fraction of sp³-hybridized carbons (Fsp3) is 0.188. The van der Waals surface area contributed by atoms with E-state index in [2.05, 4.69) is 0 Å². The van der Waals surface area contributed by atoms with Crippen LogP contribution in [0.3, 0.4) is 0 Å². The lowest BCUT2D eigenvalue weighted by Crippen LogP contribution is -2.34. The highest BCUT2D eigenvalue weighted by atomic mass is 32.2. The average molecular weight is 355 g/mol. The van der Waals surface area contributed by atoms with E-state index in [0.717, 1.165) is 30.8 Å². The van der Waals surface area contributed by atoms with Crippen LogP contribution in [0.2, 0.25) is 0 Å². The van der Waals surface area contributed by atoms with Crippen LogP contribution in [0.15, 0.2) is 53.4 Å².